The molecule has 142 valence electrons. The molecule has 0 aliphatic carbocycles. The third kappa shape index (κ3) is 3.66. The Bertz CT molecular complexity index is 1030. The normalized spacial score (nSPS) is 13.4. The molecule has 0 unspecified atom stereocenters. The second-order valence-corrected chi connectivity index (χ2v) is 7.27. The Morgan fingerprint density at radius 1 is 1.14 bits per heavy atom. The molecule has 2 aromatic carbocycles. The summed E-state index contributed by atoms with van der Waals surface area (Å²) in [5.41, 5.74) is 10.1. The lowest BCUT2D eigenvalue weighted by Gasteiger charge is -2.21. The van der Waals surface area contributed by atoms with Crippen molar-refractivity contribution in [3.8, 4) is 16.9 Å². The number of aryl methyl sites for hydroxylation is 1. The molecule has 3 aromatic rings. The lowest BCUT2D eigenvalue weighted by molar-refractivity contribution is 0.0732. The van der Waals surface area contributed by atoms with Crippen molar-refractivity contribution in [1.29, 1.82) is 0 Å². The smallest absolute Gasteiger partial charge is 0.254 e. The molecule has 0 spiro atoms. The number of carbonyl (C=O) groups excluding carboxylic acids is 1. The zero-order valence-corrected chi connectivity index (χ0v) is 16.2. The Hall–Kier alpha value is -3.05. The molecule has 4 rings (SSSR count). The van der Waals surface area contributed by atoms with Gasteiger partial charge in [0, 0.05) is 34.5 Å². The molecule has 6 heteroatoms. The van der Waals surface area contributed by atoms with Crippen molar-refractivity contribution < 1.29 is 9.53 Å². The molecule has 1 amide bonds. The van der Waals surface area contributed by atoms with Crippen molar-refractivity contribution in [3.63, 3.8) is 0 Å². The predicted molar refractivity (Wildman–Crippen MR) is 111 cm³/mol. The Balaban J connectivity index is 1.64. The number of halogens is 1. The van der Waals surface area contributed by atoms with Gasteiger partial charge in [0.05, 0.1) is 6.54 Å². The number of fused-ring (bicyclic) bond motifs is 1. The molecule has 28 heavy (non-hydrogen) atoms. The molecule has 0 fully saturated rings. The van der Waals surface area contributed by atoms with Gasteiger partial charge in [0.1, 0.15) is 18.2 Å². The minimum Gasteiger partial charge on any atom is -0.491 e. The molecule has 0 bridgehead atoms. The topological polar surface area (TPSA) is 68.5 Å². The van der Waals surface area contributed by atoms with Crippen LogP contribution in [0.15, 0.2) is 54.7 Å². The summed E-state index contributed by atoms with van der Waals surface area (Å²) >= 11 is 6.03. The van der Waals surface area contributed by atoms with Crippen molar-refractivity contribution in [3.05, 3.63) is 76.4 Å². The first-order valence-electron chi connectivity index (χ1n) is 9.04. The van der Waals surface area contributed by atoms with Crippen LogP contribution in [0.2, 0.25) is 5.02 Å². The number of ether oxygens (including phenoxy) is 1. The van der Waals surface area contributed by atoms with Crippen LogP contribution in [-0.4, -0.2) is 28.9 Å². The van der Waals surface area contributed by atoms with Gasteiger partial charge in [0.25, 0.3) is 5.91 Å². The first-order valence-corrected chi connectivity index (χ1v) is 9.42. The van der Waals surface area contributed by atoms with Crippen LogP contribution >= 0.6 is 11.6 Å². The summed E-state index contributed by atoms with van der Waals surface area (Å²) in [6, 6.07) is 15.0. The van der Waals surface area contributed by atoms with Crippen LogP contribution in [-0.2, 0) is 6.54 Å². The summed E-state index contributed by atoms with van der Waals surface area (Å²) in [5, 5.41) is 0.625. The fraction of sp³-hybridized carbons (Fsp3) is 0.182. The highest BCUT2D eigenvalue weighted by Gasteiger charge is 2.22. The first kappa shape index (κ1) is 18.3. The molecule has 2 N–H and O–H groups in total. The van der Waals surface area contributed by atoms with E-state index in [2.05, 4.69) is 4.98 Å². The number of rotatable bonds is 2. The molecule has 0 atom stereocenters. The maximum atomic E-state index is 13.1. The Morgan fingerprint density at radius 3 is 2.71 bits per heavy atom. The van der Waals surface area contributed by atoms with E-state index in [1.54, 1.807) is 24.4 Å². The second-order valence-electron chi connectivity index (χ2n) is 6.83. The quantitative estimate of drug-likeness (QED) is 0.703. The summed E-state index contributed by atoms with van der Waals surface area (Å²) in [6.45, 7) is 3.35. The Labute approximate surface area is 168 Å². The minimum atomic E-state index is -0.0230. The predicted octanol–water partition coefficient (Wildman–Crippen LogP) is 4.33. The van der Waals surface area contributed by atoms with Crippen LogP contribution in [0.4, 0.5) is 5.82 Å². The third-order valence-electron chi connectivity index (χ3n) is 4.87. The zero-order chi connectivity index (χ0) is 19.7. The van der Waals surface area contributed by atoms with Gasteiger partial charge in [-0.15, -0.1) is 0 Å². The minimum absolute atomic E-state index is 0.0230. The lowest BCUT2D eigenvalue weighted by Crippen LogP contribution is -2.32. The maximum absolute atomic E-state index is 13.1. The van der Waals surface area contributed by atoms with E-state index in [9.17, 15) is 4.79 Å². The van der Waals surface area contributed by atoms with E-state index in [4.69, 9.17) is 22.1 Å². The lowest BCUT2D eigenvalue weighted by atomic mass is 10.0. The fourth-order valence-corrected chi connectivity index (χ4v) is 3.59. The largest absolute Gasteiger partial charge is 0.491 e. The highest BCUT2D eigenvalue weighted by atomic mass is 35.5. The molecule has 2 heterocycles. The van der Waals surface area contributed by atoms with Gasteiger partial charge < -0.3 is 15.4 Å². The first-order chi connectivity index (χ1) is 13.5. The molecule has 1 aliphatic heterocycles. The van der Waals surface area contributed by atoms with E-state index in [1.807, 2.05) is 42.2 Å². The van der Waals surface area contributed by atoms with Gasteiger partial charge in [0.2, 0.25) is 0 Å². The van der Waals surface area contributed by atoms with Crippen LogP contribution in [0.5, 0.6) is 5.75 Å². The van der Waals surface area contributed by atoms with Gasteiger partial charge in [0.15, 0.2) is 0 Å². The van der Waals surface area contributed by atoms with Crippen LogP contribution in [0.1, 0.15) is 21.5 Å². The van der Waals surface area contributed by atoms with Crippen LogP contribution in [0.3, 0.4) is 0 Å². The van der Waals surface area contributed by atoms with Crippen LogP contribution < -0.4 is 10.5 Å². The summed E-state index contributed by atoms with van der Waals surface area (Å²) in [7, 11) is 0. The molecular weight excluding hydrogens is 374 g/mol. The van der Waals surface area contributed by atoms with E-state index in [0.717, 1.165) is 28.0 Å². The molecular formula is C22H20ClN3O2. The van der Waals surface area contributed by atoms with Gasteiger partial charge in [-0.05, 0) is 60.5 Å². The van der Waals surface area contributed by atoms with Crippen molar-refractivity contribution in [2.24, 2.45) is 0 Å². The maximum Gasteiger partial charge on any atom is 0.254 e. The van der Waals surface area contributed by atoms with E-state index in [-0.39, 0.29) is 5.91 Å². The molecule has 1 aliphatic rings. The van der Waals surface area contributed by atoms with Gasteiger partial charge in [-0.2, -0.15) is 0 Å². The molecule has 0 saturated carbocycles. The fourth-order valence-electron chi connectivity index (χ4n) is 3.36. The number of pyridine rings is 1. The third-order valence-corrected chi connectivity index (χ3v) is 5.10. The highest BCUT2D eigenvalue weighted by Crippen LogP contribution is 2.30. The molecule has 0 radical (unpaired) electrons. The summed E-state index contributed by atoms with van der Waals surface area (Å²) in [6.07, 6.45) is 1.74. The molecule has 0 saturated heterocycles. The number of carbonyl (C=O) groups is 1. The average Bonchev–Trinajstić information content (AvgIpc) is 2.90. The van der Waals surface area contributed by atoms with Crippen molar-refractivity contribution in [2.75, 3.05) is 18.9 Å². The van der Waals surface area contributed by atoms with Gasteiger partial charge in [-0.25, -0.2) is 4.98 Å². The number of anilines is 1. The van der Waals surface area contributed by atoms with E-state index < -0.39 is 0 Å². The van der Waals surface area contributed by atoms with Gasteiger partial charge >= 0.3 is 0 Å². The number of aromatic nitrogens is 1. The molecule has 1 aromatic heterocycles. The number of nitrogens with two attached hydrogens (primary N) is 1. The summed E-state index contributed by atoms with van der Waals surface area (Å²) in [4.78, 5) is 19.1. The average molecular weight is 394 g/mol. The number of hydrogen-bond acceptors (Lipinski definition) is 4. The van der Waals surface area contributed by atoms with Gasteiger partial charge in [-0.1, -0.05) is 17.7 Å². The standard InChI is InChI=1S/C22H20ClN3O2/c1-14-10-18(23)4-5-19(14)22(27)26-8-9-28-20-6-2-15(11-17(20)13-26)16-3-7-21(24)25-12-16/h2-7,10-12H,8-9,13H2,1H3,(H2,24,25). The number of benzene rings is 2. The second kappa shape index (κ2) is 7.52. The van der Waals surface area contributed by atoms with E-state index in [0.29, 0.717) is 36.1 Å². The number of nitrogen functional groups attached to an aromatic ring is 1. The van der Waals surface area contributed by atoms with Crippen molar-refractivity contribution >= 4 is 23.3 Å². The summed E-state index contributed by atoms with van der Waals surface area (Å²) < 4.78 is 5.87. The highest BCUT2D eigenvalue weighted by molar-refractivity contribution is 6.30. The Morgan fingerprint density at radius 2 is 1.96 bits per heavy atom. The van der Waals surface area contributed by atoms with E-state index >= 15 is 0 Å². The van der Waals surface area contributed by atoms with Gasteiger partial charge in [-0.3, -0.25) is 4.79 Å². The SMILES string of the molecule is Cc1cc(Cl)ccc1C(=O)N1CCOc2ccc(-c3ccc(N)nc3)cc2C1. The molecule has 5 nitrogen and oxygen atoms in total. The Kier molecular flexibility index (Phi) is 4.92. The monoisotopic (exact) mass is 393 g/mol. The van der Waals surface area contributed by atoms with Crippen molar-refractivity contribution in [1.82, 2.24) is 9.88 Å². The van der Waals surface area contributed by atoms with Crippen molar-refractivity contribution in [2.45, 2.75) is 13.5 Å². The van der Waals surface area contributed by atoms with Crippen LogP contribution in [0.25, 0.3) is 11.1 Å². The van der Waals surface area contributed by atoms with E-state index in [1.165, 1.54) is 0 Å². The number of nitrogens with zero attached hydrogens (tertiary/aromatic N) is 2. The van der Waals surface area contributed by atoms with Crippen LogP contribution in [0, 0.1) is 6.92 Å². The zero-order valence-electron chi connectivity index (χ0n) is 15.5. The number of hydrogen-bond donors (Lipinski definition) is 1. The summed E-state index contributed by atoms with van der Waals surface area (Å²) in [5.74, 6) is 1.26. The number of amides is 1.